The van der Waals surface area contributed by atoms with Crippen molar-refractivity contribution in [3.05, 3.63) is 35.1 Å². The quantitative estimate of drug-likeness (QED) is 0.399. The van der Waals surface area contributed by atoms with Crippen molar-refractivity contribution in [3.8, 4) is 0 Å². The third kappa shape index (κ3) is 4.57. The molecule has 3 saturated carbocycles. The number of nitrogens with one attached hydrogen (secondary N) is 3. The highest BCUT2D eigenvalue weighted by atomic mass is 35.5. The number of hydrogen-bond acceptors (Lipinski definition) is 6. The van der Waals surface area contributed by atoms with Gasteiger partial charge < -0.3 is 15.7 Å². The van der Waals surface area contributed by atoms with Crippen molar-refractivity contribution in [1.29, 1.82) is 0 Å². The molecule has 1 aromatic carbocycles. The van der Waals surface area contributed by atoms with Gasteiger partial charge in [0, 0.05) is 12.1 Å². The van der Waals surface area contributed by atoms with Gasteiger partial charge in [-0.2, -0.15) is 0 Å². The zero-order valence-electron chi connectivity index (χ0n) is 20.0. The Morgan fingerprint density at radius 3 is 2.51 bits per heavy atom. The van der Waals surface area contributed by atoms with E-state index in [-0.39, 0.29) is 30.8 Å². The fourth-order valence-corrected chi connectivity index (χ4v) is 7.52. The van der Waals surface area contributed by atoms with Gasteiger partial charge in [-0.1, -0.05) is 12.1 Å². The highest BCUT2D eigenvalue weighted by molar-refractivity contribution is 7.91. The molecule has 37 heavy (non-hydrogen) atoms. The van der Waals surface area contributed by atoms with Gasteiger partial charge >= 0.3 is 6.09 Å². The molecule has 202 valence electrons. The van der Waals surface area contributed by atoms with Gasteiger partial charge in [0.25, 0.3) is 5.91 Å². The molecule has 3 amide bonds. The van der Waals surface area contributed by atoms with Crippen LogP contribution in [-0.4, -0.2) is 59.7 Å². The van der Waals surface area contributed by atoms with Gasteiger partial charge in [0.15, 0.2) is 0 Å². The van der Waals surface area contributed by atoms with E-state index in [1.54, 1.807) is 12.1 Å². The number of hydrogen-bond donors (Lipinski definition) is 4. The Bertz CT molecular complexity index is 1260. The maximum Gasteiger partial charge on any atom is 0.408 e. The Balaban J connectivity index is 0.00000280. The molecule has 6 rings (SSSR count). The number of nitrogens with zero attached hydrogens (tertiary/aromatic N) is 1. The average Bonchev–Trinajstić information content (AvgIpc) is 3.72. The summed E-state index contributed by atoms with van der Waals surface area (Å²) >= 11 is 0. The van der Waals surface area contributed by atoms with Crippen molar-refractivity contribution in [1.82, 2.24) is 20.3 Å². The van der Waals surface area contributed by atoms with Gasteiger partial charge in [0.2, 0.25) is 15.9 Å². The van der Waals surface area contributed by atoms with Gasteiger partial charge in [-0.05, 0) is 67.9 Å². The molecule has 0 spiro atoms. The second kappa shape index (κ2) is 9.09. The number of sulfonamides is 1. The van der Waals surface area contributed by atoms with Crippen LogP contribution in [-0.2, 0) is 26.2 Å². The van der Waals surface area contributed by atoms with Crippen LogP contribution in [0.2, 0.25) is 0 Å². The van der Waals surface area contributed by atoms with E-state index in [2.05, 4.69) is 15.4 Å². The van der Waals surface area contributed by atoms with Crippen LogP contribution >= 0.6 is 12.4 Å². The van der Waals surface area contributed by atoms with Crippen molar-refractivity contribution in [3.63, 3.8) is 0 Å². The molecular weight excluding hydrogens is 527 g/mol. The van der Waals surface area contributed by atoms with E-state index < -0.39 is 56.6 Å². The highest BCUT2D eigenvalue weighted by Gasteiger charge is 2.66. The average molecular weight is 557 g/mol. The number of fused-ring (bicyclic) bond motifs is 1. The number of amides is 3. The maximum absolute atomic E-state index is 14.4. The lowest BCUT2D eigenvalue weighted by Gasteiger charge is -2.27. The van der Waals surface area contributed by atoms with Crippen LogP contribution in [0.15, 0.2) is 18.2 Å². The van der Waals surface area contributed by atoms with Crippen LogP contribution in [0, 0.1) is 23.6 Å². The molecular formula is C24H30ClFN4O6S. The van der Waals surface area contributed by atoms with Gasteiger partial charge in [0.1, 0.15) is 11.4 Å². The van der Waals surface area contributed by atoms with Crippen LogP contribution in [0.1, 0.15) is 55.7 Å². The molecule has 2 heterocycles. The molecule has 2 aliphatic heterocycles. The van der Waals surface area contributed by atoms with E-state index in [0.29, 0.717) is 49.3 Å². The Labute approximate surface area is 220 Å². The summed E-state index contributed by atoms with van der Waals surface area (Å²) in [7, 11) is -3.74. The molecule has 0 radical (unpaired) electrons. The van der Waals surface area contributed by atoms with E-state index in [4.69, 9.17) is 0 Å². The van der Waals surface area contributed by atoms with E-state index in [1.807, 2.05) is 0 Å². The van der Waals surface area contributed by atoms with Gasteiger partial charge in [0.05, 0.1) is 23.9 Å². The predicted molar refractivity (Wildman–Crippen MR) is 132 cm³/mol. The van der Waals surface area contributed by atoms with Crippen LogP contribution < -0.4 is 15.4 Å². The predicted octanol–water partition coefficient (Wildman–Crippen LogP) is 1.65. The summed E-state index contributed by atoms with van der Waals surface area (Å²) in [6.07, 6.45) is 2.54. The molecule has 10 nitrogen and oxygen atoms in total. The molecule has 3 aliphatic carbocycles. The van der Waals surface area contributed by atoms with Crippen molar-refractivity contribution >= 4 is 40.3 Å². The Hall–Kier alpha value is -2.44. The fraction of sp³-hybridized carbons (Fsp3) is 0.625. The van der Waals surface area contributed by atoms with Gasteiger partial charge in [-0.15, -0.1) is 12.4 Å². The molecule has 0 aromatic heterocycles. The lowest BCUT2D eigenvalue weighted by molar-refractivity contribution is -0.130. The molecule has 4 fully saturated rings. The SMILES string of the molecule is Cl.O=C(N[C@]1(C(=O)NS(=O)(=O)C2CC2)C[C@H]1C1CC1)[C@@H]1C[C@@H](C2c3cccc(F)c3CN2C(=O)O)CN1. The molecule has 1 aromatic rings. The first kappa shape index (κ1) is 26.2. The molecule has 1 unspecified atom stereocenters. The number of rotatable bonds is 7. The third-order valence-corrected chi connectivity index (χ3v) is 10.3. The monoisotopic (exact) mass is 556 g/mol. The van der Waals surface area contributed by atoms with Crippen molar-refractivity contribution < 1.29 is 32.3 Å². The maximum atomic E-state index is 14.4. The van der Waals surface area contributed by atoms with Gasteiger partial charge in [-0.3, -0.25) is 19.2 Å². The summed E-state index contributed by atoms with van der Waals surface area (Å²) in [5.41, 5.74) is -0.256. The Morgan fingerprint density at radius 1 is 1.14 bits per heavy atom. The van der Waals surface area contributed by atoms with Crippen molar-refractivity contribution in [2.75, 3.05) is 6.54 Å². The van der Waals surface area contributed by atoms with Crippen molar-refractivity contribution in [2.24, 2.45) is 17.8 Å². The van der Waals surface area contributed by atoms with Crippen LogP contribution in [0.25, 0.3) is 0 Å². The van der Waals surface area contributed by atoms with Gasteiger partial charge in [-0.25, -0.2) is 17.6 Å². The number of benzene rings is 1. The number of carbonyl (C=O) groups excluding carboxylic acids is 2. The molecule has 4 N–H and O–H groups in total. The zero-order chi connectivity index (χ0) is 25.4. The number of carbonyl (C=O) groups is 3. The molecule has 13 heteroatoms. The van der Waals surface area contributed by atoms with Crippen LogP contribution in [0.4, 0.5) is 9.18 Å². The van der Waals surface area contributed by atoms with E-state index >= 15 is 0 Å². The summed E-state index contributed by atoms with van der Waals surface area (Å²) in [6, 6.07) is 3.34. The summed E-state index contributed by atoms with van der Waals surface area (Å²) in [5, 5.41) is 15.2. The highest BCUT2D eigenvalue weighted by Crippen LogP contribution is 2.57. The van der Waals surface area contributed by atoms with Crippen LogP contribution in [0.5, 0.6) is 0 Å². The smallest absolute Gasteiger partial charge is 0.408 e. The second-order valence-corrected chi connectivity index (χ2v) is 12.9. The lowest BCUT2D eigenvalue weighted by atomic mass is 9.90. The summed E-state index contributed by atoms with van der Waals surface area (Å²) in [6.45, 7) is 0.307. The molecule has 0 bridgehead atoms. The summed E-state index contributed by atoms with van der Waals surface area (Å²) < 4.78 is 41.3. The number of carboxylic acid groups (broad SMARTS) is 1. The third-order valence-electron chi connectivity index (χ3n) is 8.47. The van der Waals surface area contributed by atoms with Crippen LogP contribution in [0.3, 0.4) is 0 Å². The first-order valence-corrected chi connectivity index (χ1v) is 14.0. The van der Waals surface area contributed by atoms with E-state index in [9.17, 15) is 32.3 Å². The summed E-state index contributed by atoms with van der Waals surface area (Å²) in [5.74, 6) is -1.56. The lowest BCUT2D eigenvalue weighted by Crippen LogP contribution is -2.55. The molecule has 5 atom stereocenters. The minimum atomic E-state index is -3.74. The second-order valence-electron chi connectivity index (χ2n) is 10.9. The topological polar surface area (TPSA) is 145 Å². The largest absolute Gasteiger partial charge is 0.465 e. The molecule has 5 aliphatic rings. The standard InChI is InChI=1S/C24H29FN4O6S.ClH/c25-18-3-1-2-15-16(18)11-29(23(32)33)20(15)13-8-19(26-10-13)21(30)27-24(9-17(24)12-4-5-12)22(31)28-36(34,35)14-6-7-14;/h1-3,12-14,17,19-20,26H,4-11H2,(H,27,30)(H,28,31)(H,32,33);1H/t13-,17+,19+,20?,24-;/m1./s1. The Morgan fingerprint density at radius 2 is 1.86 bits per heavy atom. The molecule has 1 saturated heterocycles. The first-order valence-electron chi connectivity index (χ1n) is 12.5. The van der Waals surface area contributed by atoms with E-state index in [0.717, 1.165) is 12.8 Å². The zero-order valence-corrected chi connectivity index (χ0v) is 21.6. The van der Waals surface area contributed by atoms with E-state index in [1.165, 1.54) is 11.0 Å². The fourth-order valence-electron chi connectivity index (χ4n) is 6.16. The first-order chi connectivity index (χ1) is 17.1. The minimum Gasteiger partial charge on any atom is -0.465 e. The summed E-state index contributed by atoms with van der Waals surface area (Å²) in [4.78, 5) is 39.5. The minimum absolute atomic E-state index is 0. The Kier molecular flexibility index (Phi) is 6.43. The van der Waals surface area contributed by atoms with Crippen molar-refractivity contribution in [2.45, 2.75) is 67.9 Å². The number of halogens is 2. The normalized spacial score (nSPS) is 32.3.